The Balaban J connectivity index is 1.48. The Labute approximate surface area is 172 Å². The molecule has 0 saturated carbocycles. The molecular formula is C21H22F2N4O3. The lowest BCUT2D eigenvalue weighted by atomic mass is 10.1. The summed E-state index contributed by atoms with van der Waals surface area (Å²) in [6.45, 7) is 1.89. The van der Waals surface area contributed by atoms with Crippen molar-refractivity contribution < 1.29 is 23.2 Å². The molecule has 0 aliphatic carbocycles. The SMILES string of the molecule is CNC(=O)c1ccc(NC(=O)CN2CCN(C(=O)c3ccc(F)c(F)c3)CC2)cc1. The highest BCUT2D eigenvalue weighted by molar-refractivity contribution is 5.96. The van der Waals surface area contributed by atoms with E-state index in [2.05, 4.69) is 10.6 Å². The van der Waals surface area contributed by atoms with Gasteiger partial charge < -0.3 is 15.5 Å². The lowest BCUT2D eigenvalue weighted by Crippen LogP contribution is -2.50. The molecule has 30 heavy (non-hydrogen) atoms. The van der Waals surface area contributed by atoms with Crippen molar-refractivity contribution in [1.29, 1.82) is 0 Å². The van der Waals surface area contributed by atoms with Gasteiger partial charge in [0.1, 0.15) is 0 Å². The van der Waals surface area contributed by atoms with E-state index in [9.17, 15) is 23.2 Å². The van der Waals surface area contributed by atoms with Crippen molar-refractivity contribution in [3.05, 3.63) is 65.2 Å². The molecule has 0 spiro atoms. The van der Waals surface area contributed by atoms with Crippen molar-refractivity contribution in [3.8, 4) is 0 Å². The number of rotatable bonds is 5. The molecule has 1 fully saturated rings. The largest absolute Gasteiger partial charge is 0.355 e. The number of carbonyl (C=O) groups is 3. The second-order valence-electron chi connectivity index (χ2n) is 6.90. The molecule has 0 radical (unpaired) electrons. The Morgan fingerprint density at radius 1 is 0.900 bits per heavy atom. The standard InChI is InChI=1S/C21H22F2N4O3/c1-24-20(29)14-2-5-16(6-3-14)25-19(28)13-26-8-10-27(11-9-26)21(30)15-4-7-17(22)18(23)12-15/h2-7,12H,8-11,13H2,1H3,(H,24,29)(H,25,28). The number of benzene rings is 2. The van der Waals surface area contributed by atoms with Crippen LogP contribution in [0.1, 0.15) is 20.7 Å². The Morgan fingerprint density at radius 3 is 2.13 bits per heavy atom. The number of halogens is 2. The maximum atomic E-state index is 13.4. The number of nitrogens with one attached hydrogen (secondary N) is 2. The Hall–Kier alpha value is -3.33. The van der Waals surface area contributed by atoms with Crippen LogP contribution in [0.15, 0.2) is 42.5 Å². The molecule has 1 heterocycles. The summed E-state index contributed by atoms with van der Waals surface area (Å²) in [7, 11) is 1.54. The summed E-state index contributed by atoms with van der Waals surface area (Å²) in [6, 6.07) is 9.64. The van der Waals surface area contributed by atoms with Gasteiger partial charge in [-0.3, -0.25) is 19.3 Å². The molecule has 7 nitrogen and oxygen atoms in total. The molecule has 2 aromatic rings. The summed E-state index contributed by atoms with van der Waals surface area (Å²) in [5.41, 5.74) is 1.18. The van der Waals surface area contributed by atoms with Gasteiger partial charge in [0.05, 0.1) is 6.54 Å². The monoisotopic (exact) mass is 416 g/mol. The van der Waals surface area contributed by atoms with Crippen LogP contribution in [0.4, 0.5) is 14.5 Å². The third kappa shape index (κ3) is 5.18. The number of anilines is 1. The van der Waals surface area contributed by atoms with E-state index in [0.717, 1.165) is 12.1 Å². The minimum absolute atomic E-state index is 0.0975. The van der Waals surface area contributed by atoms with Crippen LogP contribution in [0.25, 0.3) is 0 Å². The fraction of sp³-hybridized carbons (Fsp3) is 0.286. The highest BCUT2D eigenvalue weighted by atomic mass is 19.2. The molecule has 158 valence electrons. The van der Waals surface area contributed by atoms with Crippen LogP contribution in [0.5, 0.6) is 0 Å². The summed E-state index contributed by atoms with van der Waals surface area (Å²) in [5.74, 6) is -2.83. The van der Waals surface area contributed by atoms with E-state index < -0.39 is 11.6 Å². The van der Waals surface area contributed by atoms with Gasteiger partial charge in [0.2, 0.25) is 5.91 Å². The molecule has 0 bridgehead atoms. The summed E-state index contributed by atoms with van der Waals surface area (Å²) in [5, 5.41) is 5.30. The summed E-state index contributed by atoms with van der Waals surface area (Å²) in [6.07, 6.45) is 0. The van der Waals surface area contributed by atoms with Gasteiger partial charge in [0, 0.05) is 50.0 Å². The van der Waals surface area contributed by atoms with E-state index in [1.54, 1.807) is 36.2 Å². The molecule has 1 aliphatic heterocycles. The molecule has 3 amide bonds. The second kappa shape index (κ2) is 9.45. The third-order valence-corrected chi connectivity index (χ3v) is 4.85. The molecular weight excluding hydrogens is 394 g/mol. The molecule has 0 unspecified atom stereocenters. The van der Waals surface area contributed by atoms with Crippen LogP contribution in [-0.4, -0.2) is 67.3 Å². The van der Waals surface area contributed by atoms with E-state index in [-0.39, 0.29) is 29.8 Å². The molecule has 3 rings (SSSR count). The minimum Gasteiger partial charge on any atom is -0.355 e. The first-order chi connectivity index (χ1) is 14.4. The van der Waals surface area contributed by atoms with Crippen molar-refractivity contribution in [2.45, 2.75) is 0 Å². The van der Waals surface area contributed by atoms with E-state index in [1.807, 2.05) is 4.90 Å². The molecule has 2 aromatic carbocycles. The average Bonchev–Trinajstić information content (AvgIpc) is 2.75. The molecule has 9 heteroatoms. The zero-order chi connectivity index (χ0) is 21.7. The summed E-state index contributed by atoms with van der Waals surface area (Å²) < 4.78 is 26.4. The Morgan fingerprint density at radius 2 is 1.53 bits per heavy atom. The van der Waals surface area contributed by atoms with Crippen LogP contribution < -0.4 is 10.6 Å². The second-order valence-corrected chi connectivity index (χ2v) is 6.90. The van der Waals surface area contributed by atoms with Gasteiger partial charge in [0.25, 0.3) is 11.8 Å². The molecule has 0 atom stereocenters. The van der Waals surface area contributed by atoms with Gasteiger partial charge in [-0.15, -0.1) is 0 Å². The van der Waals surface area contributed by atoms with E-state index in [0.29, 0.717) is 37.4 Å². The van der Waals surface area contributed by atoms with Gasteiger partial charge in [0.15, 0.2) is 11.6 Å². The van der Waals surface area contributed by atoms with Gasteiger partial charge in [-0.25, -0.2) is 8.78 Å². The van der Waals surface area contributed by atoms with E-state index in [1.165, 1.54) is 6.07 Å². The highest BCUT2D eigenvalue weighted by Gasteiger charge is 2.24. The van der Waals surface area contributed by atoms with Crippen LogP contribution >= 0.6 is 0 Å². The first kappa shape index (κ1) is 21.4. The number of carbonyl (C=O) groups excluding carboxylic acids is 3. The maximum absolute atomic E-state index is 13.4. The lowest BCUT2D eigenvalue weighted by molar-refractivity contribution is -0.117. The van der Waals surface area contributed by atoms with Gasteiger partial charge in [-0.1, -0.05) is 0 Å². The normalized spacial score (nSPS) is 14.3. The van der Waals surface area contributed by atoms with Crippen molar-refractivity contribution >= 4 is 23.4 Å². The van der Waals surface area contributed by atoms with Crippen molar-refractivity contribution in [2.75, 3.05) is 45.1 Å². The predicted octanol–water partition coefficient (Wildman–Crippen LogP) is 1.72. The summed E-state index contributed by atoms with van der Waals surface area (Å²) >= 11 is 0. The molecule has 0 aromatic heterocycles. The first-order valence-electron chi connectivity index (χ1n) is 9.46. The van der Waals surface area contributed by atoms with Crippen LogP contribution in [0, 0.1) is 11.6 Å². The number of nitrogens with zero attached hydrogens (tertiary/aromatic N) is 2. The lowest BCUT2D eigenvalue weighted by Gasteiger charge is -2.34. The van der Waals surface area contributed by atoms with Gasteiger partial charge in [-0.05, 0) is 42.5 Å². The fourth-order valence-electron chi connectivity index (χ4n) is 3.17. The van der Waals surface area contributed by atoms with Crippen LogP contribution in [0.3, 0.4) is 0 Å². The van der Waals surface area contributed by atoms with Crippen molar-refractivity contribution in [3.63, 3.8) is 0 Å². The quantitative estimate of drug-likeness (QED) is 0.778. The molecule has 2 N–H and O–H groups in total. The zero-order valence-corrected chi connectivity index (χ0v) is 16.5. The topological polar surface area (TPSA) is 81.8 Å². The number of amides is 3. The smallest absolute Gasteiger partial charge is 0.254 e. The third-order valence-electron chi connectivity index (χ3n) is 4.85. The van der Waals surface area contributed by atoms with Crippen molar-refractivity contribution in [2.24, 2.45) is 0 Å². The molecule has 1 saturated heterocycles. The number of hydrogen-bond donors (Lipinski definition) is 2. The zero-order valence-electron chi connectivity index (χ0n) is 16.5. The van der Waals surface area contributed by atoms with Gasteiger partial charge >= 0.3 is 0 Å². The maximum Gasteiger partial charge on any atom is 0.254 e. The summed E-state index contributed by atoms with van der Waals surface area (Å²) in [4.78, 5) is 39.7. The van der Waals surface area contributed by atoms with Crippen LogP contribution in [-0.2, 0) is 4.79 Å². The Kier molecular flexibility index (Phi) is 6.73. The first-order valence-corrected chi connectivity index (χ1v) is 9.46. The van der Waals surface area contributed by atoms with E-state index in [4.69, 9.17) is 0 Å². The fourth-order valence-corrected chi connectivity index (χ4v) is 3.17. The minimum atomic E-state index is -1.06. The number of piperazine rings is 1. The van der Waals surface area contributed by atoms with Gasteiger partial charge in [-0.2, -0.15) is 0 Å². The molecule has 1 aliphatic rings. The predicted molar refractivity (Wildman–Crippen MR) is 107 cm³/mol. The van der Waals surface area contributed by atoms with E-state index >= 15 is 0 Å². The number of hydrogen-bond acceptors (Lipinski definition) is 4. The Bertz CT molecular complexity index is 942. The highest BCUT2D eigenvalue weighted by Crippen LogP contribution is 2.14. The average molecular weight is 416 g/mol. The van der Waals surface area contributed by atoms with Crippen LogP contribution in [0.2, 0.25) is 0 Å². The van der Waals surface area contributed by atoms with Crippen molar-refractivity contribution in [1.82, 2.24) is 15.1 Å².